The Bertz CT molecular complexity index is 1140. The zero-order valence-corrected chi connectivity index (χ0v) is 20.7. The zero-order valence-electron chi connectivity index (χ0n) is 19.7. The lowest BCUT2D eigenvalue weighted by atomic mass is 10.1. The van der Waals surface area contributed by atoms with Gasteiger partial charge in [-0.15, -0.1) is 0 Å². The summed E-state index contributed by atoms with van der Waals surface area (Å²) < 4.78 is 14.8. The van der Waals surface area contributed by atoms with Crippen molar-refractivity contribution >= 4 is 18.7 Å². The molecule has 0 radical (unpaired) electrons. The molecule has 0 amide bonds. The molecular weight excluding hydrogens is 432 g/mol. The molecule has 2 heterocycles. The Labute approximate surface area is 195 Å². The minimum Gasteiger partial charge on any atom is -0.405 e. The largest absolute Gasteiger partial charge is 0.405 e. The van der Waals surface area contributed by atoms with E-state index in [1.54, 1.807) is 0 Å². The van der Waals surface area contributed by atoms with Crippen molar-refractivity contribution in [3.63, 3.8) is 0 Å². The summed E-state index contributed by atoms with van der Waals surface area (Å²) in [5.74, 6) is 0.112. The Morgan fingerprint density at radius 3 is 2.09 bits per heavy atom. The van der Waals surface area contributed by atoms with Crippen LogP contribution in [0.5, 0.6) is 0 Å². The van der Waals surface area contributed by atoms with Gasteiger partial charge < -0.3 is 9.16 Å². The second-order valence-electron chi connectivity index (χ2n) is 9.85. The molecule has 174 valence electrons. The van der Waals surface area contributed by atoms with E-state index in [9.17, 15) is 9.59 Å². The highest BCUT2D eigenvalue weighted by atomic mass is 28.4. The third kappa shape index (κ3) is 4.53. The van der Waals surface area contributed by atoms with Gasteiger partial charge in [-0.25, -0.2) is 4.79 Å². The summed E-state index contributed by atoms with van der Waals surface area (Å²) in [4.78, 5) is 26.1. The number of rotatable bonds is 6. The van der Waals surface area contributed by atoms with Crippen LogP contribution in [-0.2, 0) is 9.16 Å². The minimum absolute atomic E-state index is 0.112. The first-order valence-corrected chi connectivity index (χ1v) is 13.3. The fraction of sp³-hybridized carbons (Fsp3) is 0.385. The molecule has 33 heavy (non-hydrogen) atoms. The molecule has 1 fully saturated rings. The predicted molar refractivity (Wildman–Crippen MR) is 133 cm³/mol. The lowest BCUT2D eigenvalue weighted by Crippen LogP contribution is -2.67. The first-order valence-electron chi connectivity index (χ1n) is 11.4. The molecule has 1 saturated heterocycles. The molecule has 1 aliphatic rings. The number of hydrogen-bond donors (Lipinski definition) is 1. The molecule has 2 aromatic carbocycles. The number of hydrogen-bond acceptors (Lipinski definition) is 4. The van der Waals surface area contributed by atoms with Gasteiger partial charge in [0.15, 0.2) is 0 Å². The standard InChI is InChI=1S/C26H32N2O4Si/c1-19-17-20(32-24(19)28-16-15-23(29)27-25(28)30)18-31-33(26(2,3)4,21-11-7-5-8-12-21)22-13-9-6-10-14-22/h5-16,19-20,24H,17-18H2,1-4H3,(H,27,29,30)/t19-,20+,24-/m1/s1. The summed E-state index contributed by atoms with van der Waals surface area (Å²) in [6, 6.07) is 22.4. The molecule has 0 bridgehead atoms. The Balaban J connectivity index is 1.64. The van der Waals surface area contributed by atoms with E-state index in [0.717, 1.165) is 6.42 Å². The Hall–Kier alpha value is -2.74. The smallest absolute Gasteiger partial charge is 0.330 e. The van der Waals surface area contributed by atoms with Crippen LogP contribution < -0.4 is 21.6 Å². The topological polar surface area (TPSA) is 73.3 Å². The average Bonchev–Trinajstić information content (AvgIpc) is 3.15. The van der Waals surface area contributed by atoms with E-state index in [0.29, 0.717) is 6.61 Å². The third-order valence-corrected chi connectivity index (χ3v) is 11.5. The lowest BCUT2D eigenvalue weighted by molar-refractivity contribution is -0.0309. The van der Waals surface area contributed by atoms with Gasteiger partial charge in [-0.2, -0.15) is 0 Å². The van der Waals surface area contributed by atoms with Crippen LogP contribution in [0.2, 0.25) is 5.04 Å². The monoisotopic (exact) mass is 464 g/mol. The van der Waals surface area contributed by atoms with Crippen LogP contribution in [0.15, 0.2) is 82.5 Å². The second-order valence-corrected chi connectivity index (χ2v) is 14.2. The SMILES string of the molecule is C[C@@H]1C[C@@H](CO[Si](c2ccccc2)(c2ccccc2)C(C)(C)C)O[C@H]1n1ccc(=O)[nH]c1=O. The fourth-order valence-electron chi connectivity index (χ4n) is 4.97. The van der Waals surface area contributed by atoms with E-state index < -0.39 is 25.8 Å². The van der Waals surface area contributed by atoms with E-state index in [1.165, 1.54) is 27.2 Å². The number of nitrogens with one attached hydrogen (secondary N) is 1. The van der Waals surface area contributed by atoms with Crippen LogP contribution >= 0.6 is 0 Å². The van der Waals surface area contributed by atoms with E-state index in [4.69, 9.17) is 9.16 Å². The van der Waals surface area contributed by atoms with E-state index in [-0.39, 0.29) is 17.1 Å². The van der Waals surface area contributed by atoms with E-state index >= 15 is 0 Å². The summed E-state index contributed by atoms with van der Waals surface area (Å²) >= 11 is 0. The summed E-state index contributed by atoms with van der Waals surface area (Å²) in [5, 5.41) is 2.33. The molecule has 3 atom stereocenters. The van der Waals surface area contributed by atoms with Gasteiger partial charge in [-0.1, -0.05) is 88.4 Å². The summed E-state index contributed by atoms with van der Waals surface area (Å²) in [6.07, 6.45) is 1.70. The van der Waals surface area contributed by atoms with Crippen LogP contribution in [0.1, 0.15) is 40.3 Å². The third-order valence-electron chi connectivity index (χ3n) is 6.48. The first-order chi connectivity index (χ1) is 15.7. The van der Waals surface area contributed by atoms with E-state index in [1.807, 2.05) is 12.1 Å². The molecule has 3 aromatic rings. The Morgan fingerprint density at radius 2 is 1.58 bits per heavy atom. The van der Waals surface area contributed by atoms with Crippen molar-refractivity contribution in [1.29, 1.82) is 0 Å². The molecule has 0 aliphatic carbocycles. The molecule has 0 unspecified atom stereocenters. The molecule has 7 heteroatoms. The van der Waals surface area contributed by atoms with Gasteiger partial charge in [-0.3, -0.25) is 14.3 Å². The first kappa shape index (κ1) is 23.4. The van der Waals surface area contributed by atoms with Crippen LogP contribution in [0, 0.1) is 5.92 Å². The average molecular weight is 465 g/mol. The highest BCUT2D eigenvalue weighted by Gasteiger charge is 2.51. The van der Waals surface area contributed by atoms with Crippen molar-refractivity contribution < 1.29 is 9.16 Å². The molecular formula is C26H32N2O4Si. The molecule has 6 nitrogen and oxygen atoms in total. The van der Waals surface area contributed by atoms with Gasteiger partial charge in [0.25, 0.3) is 13.9 Å². The number of benzene rings is 2. The molecule has 0 saturated carbocycles. The molecule has 1 aromatic heterocycles. The second kappa shape index (κ2) is 9.25. The van der Waals surface area contributed by atoms with Crippen LogP contribution in [0.25, 0.3) is 0 Å². The number of aromatic nitrogens is 2. The van der Waals surface area contributed by atoms with Crippen molar-refractivity contribution in [1.82, 2.24) is 9.55 Å². The maximum absolute atomic E-state index is 12.3. The number of ether oxygens (including phenoxy) is 1. The highest BCUT2D eigenvalue weighted by molar-refractivity contribution is 6.99. The van der Waals surface area contributed by atoms with Gasteiger partial charge in [0.2, 0.25) is 0 Å². The van der Waals surface area contributed by atoms with E-state index in [2.05, 4.69) is 81.2 Å². The number of aromatic amines is 1. The van der Waals surface area contributed by atoms with Crippen LogP contribution in [-0.4, -0.2) is 30.6 Å². The summed E-state index contributed by atoms with van der Waals surface area (Å²) in [7, 11) is -2.65. The number of H-pyrrole nitrogens is 1. The van der Waals surface area contributed by atoms with Crippen molar-refractivity contribution in [3.05, 3.63) is 93.8 Å². The fourth-order valence-corrected chi connectivity index (χ4v) is 9.56. The predicted octanol–water partition coefficient (Wildman–Crippen LogP) is 3.04. The summed E-state index contributed by atoms with van der Waals surface area (Å²) in [5.41, 5.74) is -0.860. The van der Waals surface area contributed by atoms with Gasteiger partial charge in [0.05, 0.1) is 12.7 Å². The Morgan fingerprint density at radius 1 is 1.00 bits per heavy atom. The molecule has 1 N–H and O–H groups in total. The van der Waals surface area contributed by atoms with Gasteiger partial charge >= 0.3 is 5.69 Å². The maximum atomic E-state index is 12.3. The normalized spacial score (nSPS) is 21.3. The minimum atomic E-state index is -2.65. The van der Waals surface area contributed by atoms with Gasteiger partial charge in [0, 0.05) is 18.2 Å². The highest BCUT2D eigenvalue weighted by Crippen LogP contribution is 2.38. The zero-order chi connectivity index (χ0) is 23.6. The summed E-state index contributed by atoms with van der Waals surface area (Å²) in [6.45, 7) is 9.25. The Kier molecular flexibility index (Phi) is 6.56. The van der Waals surface area contributed by atoms with Crippen molar-refractivity contribution in [2.75, 3.05) is 6.61 Å². The quantitative estimate of drug-likeness (QED) is 0.569. The van der Waals surface area contributed by atoms with Crippen LogP contribution in [0.3, 0.4) is 0 Å². The van der Waals surface area contributed by atoms with Crippen LogP contribution in [0.4, 0.5) is 0 Å². The van der Waals surface area contributed by atoms with Crippen molar-refractivity contribution in [3.8, 4) is 0 Å². The molecule has 4 rings (SSSR count). The van der Waals surface area contributed by atoms with Gasteiger partial charge in [0.1, 0.15) is 6.23 Å². The van der Waals surface area contributed by atoms with Gasteiger partial charge in [-0.05, 0) is 21.8 Å². The van der Waals surface area contributed by atoms with Crippen molar-refractivity contribution in [2.24, 2.45) is 5.92 Å². The van der Waals surface area contributed by atoms with Crippen molar-refractivity contribution in [2.45, 2.75) is 51.5 Å². The molecule has 0 spiro atoms. The maximum Gasteiger partial charge on any atom is 0.330 e. The number of nitrogens with zero attached hydrogens (tertiary/aromatic N) is 1. The molecule has 1 aliphatic heterocycles. The lowest BCUT2D eigenvalue weighted by Gasteiger charge is -2.43.